The summed E-state index contributed by atoms with van der Waals surface area (Å²) in [6.07, 6.45) is -5.49. The molecule has 3 rings (SSSR count). The molecular weight excluding hydrogens is 471 g/mol. The van der Waals surface area contributed by atoms with Crippen LogP contribution in [0, 0.1) is 0 Å². The molecule has 0 aromatic heterocycles. The lowest BCUT2D eigenvalue weighted by molar-refractivity contribution is -0.200. The zero-order valence-corrected chi connectivity index (χ0v) is 19.4. The molecule has 2 N–H and O–H groups in total. The number of halogens is 3. The number of carbonyl (C=O) groups is 3. The van der Waals surface area contributed by atoms with Crippen LogP contribution in [0.2, 0.25) is 0 Å². The van der Waals surface area contributed by atoms with E-state index in [9.17, 15) is 27.6 Å². The van der Waals surface area contributed by atoms with Crippen molar-refractivity contribution in [3.05, 3.63) is 53.6 Å². The molecule has 1 fully saturated rings. The Labute approximate surface area is 199 Å². The fourth-order valence-electron chi connectivity index (χ4n) is 3.52. The van der Waals surface area contributed by atoms with Crippen molar-refractivity contribution in [1.82, 2.24) is 15.5 Å². The lowest BCUT2D eigenvalue weighted by Gasteiger charge is -2.30. The van der Waals surface area contributed by atoms with Crippen LogP contribution in [0.1, 0.15) is 29.8 Å². The van der Waals surface area contributed by atoms with Crippen LogP contribution < -0.4 is 24.8 Å². The molecule has 188 valence electrons. The Bertz CT molecular complexity index is 1120. The fourth-order valence-corrected chi connectivity index (χ4v) is 3.52. The maximum absolute atomic E-state index is 14.2. The van der Waals surface area contributed by atoms with Crippen molar-refractivity contribution < 1.29 is 41.8 Å². The first-order valence-electron chi connectivity index (χ1n) is 10.4. The minimum absolute atomic E-state index is 0.146. The molecule has 2 aromatic carbocycles. The average molecular weight is 495 g/mol. The molecule has 4 amide bonds. The van der Waals surface area contributed by atoms with E-state index in [2.05, 4.69) is 0 Å². The maximum Gasteiger partial charge on any atom is 0.440 e. The van der Waals surface area contributed by atoms with Crippen LogP contribution in [0.3, 0.4) is 0 Å². The highest BCUT2D eigenvalue weighted by atomic mass is 19.4. The molecule has 2 aromatic rings. The van der Waals surface area contributed by atoms with Crippen LogP contribution in [0.25, 0.3) is 0 Å². The largest absolute Gasteiger partial charge is 0.493 e. The van der Waals surface area contributed by atoms with Gasteiger partial charge in [-0.05, 0) is 44.2 Å². The number of ether oxygens (including phenoxy) is 3. The summed E-state index contributed by atoms with van der Waals surface area (Å²) < 4.78 is 58.3. The van der Waals surface area contributed by atoms with E-state index in [1.54, 1.807) is 30.5 Å². The Morgan fingerprint density at radius 1 is 1.09 bits per heavy atom. The highest BCUT2D eigenvalue weighted by Crippen LogP contribution is 2.37. The number of methoxy groups -OCH3 is 2. The van der Waals surface area contributed by atoms with Crippen LogP contribution in [-0.2, 0) is 11.3 Å². The van der Waals surface area contributed by atoms with Crippen LogP contribution in [0.5, 0.6) is 17.2 Å². The van der Waals surface area contributed by atoms with Gasteiger partial charge in [0.25, 0.3) is 17.5 Å². The number of urea groups is 1. The van der Waals surface area contributed by atoms with E-state index >= 15 is 0 Å². The average Bonchev–Trinajstić information content (AvgIpc) is 3.03. The number of amides is 4. The second-order valence-corrected chi connectivity index (χ2v) is 7.87. The quantitative estimate of drug-likeness (QED) is 0.545. The van der Waals surface area contributed by atoms with E-state index in [-0.39, 0.29) is 28.7 Å². The number of benzene rings is 2. The summed E-state index contributed by atoms with van der Waals surface area (Å²) in [5, 5.41) is 3.29. The van der Waals surface area contributed by atoms with E-state index in [1.807, 2.05) is 0 Å². The van der Waals surface area contributed by atoms with Crippen LogP contribution in [0.15, 0.2) is 42.5 Å². The third-order valence-electron chi connectivity index (χ3n) is 5.13. The molecule has 0 spiro atoms. The number of hydrogen-bond acceptors (Lipinski definition) is 6. The number of imide groups is 1. The minimum Gasteiger partial charge on any atom is -0.493 e. The number of para-hydroxylation sites is 1. The minimum atomic E-state index is -5.34. The zero-order chi connectivity index (χ0) is 26.0. The van der Waals surface area contributed by atoms with Gasteiger partial charge in [0, 0.05) is 11.1 Å². The molecule has 0 radical (unpaired) electrons. The molecule has 0 unspecified atom stereocenters. The van der Waals surface area contributed by atoms with E-state index in [4.69, 9.17) is 14.2 Å². The number of nitrogens with zero attached hydrogens (tertiary/aromatic N) is 1. The molecule has 9 nitrogen and oxygen atoms in total. The van der Waals surface area contributed by atoms with Gasteiger partial charge in [0.05, 0.1) is 26.9 Å². The second kappa shape index (κ2) is 9.72. The maximum atomic E-state index is 14.2. The lowest BCUT2D eigenvalue weighted by atomic mass is 10.1. The number of alkyl halides is 3. The highest BCUT2D eigenvalue weighted by Gasteiger charge is 2.68. The zero-order valence-electron chi connectivity index (χ0n) is 19.4. The van der Waals surface area contributed by atoms with Gasteiger partial charge in [-0.3, -0.25) is 19.8 Å². The first kappa shape index (κ1) is 25.7. The molecule has 1 saturated heterocycles. The van der Waals surface area contributed by atoms with Crippen LogP contribution in [0.4, 0.5) is 18.0 Å². The van der Waals surface area contributed by atoms with E-state index in [0.717, 1.165) is 0 Å². The van der Waals surface area contributed by atoms with Gasteiger partial charge in [0.15, 0.2) is 11.5 Å². The molecule has 0 saturated carbocycles. The summed E-state index contributed by atoms with van der Waals surface area (Å²) in [7, 11) is 2.67. The lowest BCUT2D eigenvalue weighted by Crippen LogP contribution is -2.69. The molecule has 0 aliphatic carbocycles. The number of rotatable bonds is 8. The molecule has 12 heteroatoms. The Kier molecular flexibility index (Phi) is 7.13. The SMILES string of the molecule is COc1cccc(CN2C(=O)N[C@@](NC(=O)c3ccc(OC(C)C)cc3)(C(F)(F)F)C2=O)c1OC. The fraction of sp³-hybridized carbons (Fsp3) is 0.348. The normalized spacial score (nSPS) is 17.9. The van der Waals surface area contributed by atoms with Gasteiger partial charge in [-0.25, -0.2) is 4.79 Å². The number of carbonyl (C=O) groups excluding carboxylic acids is 3. The molecular formula is C23H24F3N3O6. The van der Waals surface area contributed by atoms with Crippen molar-refractivity contribution in [3.63, 3.8) is 0 Å². The highest BCUT2D eigenvalue weighted by molar-refractivity contribution is 6.10. The van der Waals surface area contributed by atoms with Crippen molar-refractivity contribution in [2.45, 2.75) is 38.3 Å². The van der Waals surface area contributed by atoms with Crippen molar-refractivity contribution in [2.75, 3.05) is 14.2 Å². The van der Waals surface area contributed by atoms with Gasteiger partial charge in [-0.15, -0.1) is 0 Å². The molecule has 35 heavy (non-hydrogen) atoms. The second-order valence-electron chi connectivity index (χ2n) is 7.87. The third-order valence-corrected chi connectivity index (χ3v) is 5.13. The monoisotopic (exact) mass is 495 g/mol. The topological polar surface area (TPSA) is 106 Å². The standard InChI is InChI=1S/C23H24F3N3O6/c1-13(2)35-16-10-8-14(9-11-16)19(30)27-22(23(24,25)26)20(31)29(21(32)28-22)12-15-6-5-7-17(33-3)18(15)34-4/h5-11,13H,12H2,1-4H3,(H,27,30)(H,28,32)/t22-/m1/s1. The Hall–Kier alpha value is -3.96. The van der Waals surface area contributed by atoms with Crippen LogP contribution in [-0.4, -0.2) is 54.9 Å². The smallest absolute Gasteiger partial charge is 0.440 e. The van der Waals surface area contributed by atoms with Crippen molar-refractivity contribution in [1.29, 1.82) is 0 Å². The van der Waals surface area contributed by atoms with Gasteiger partial charge >= 0.3 is 12.2 Å². The first-order chi connectivity index (χ1) is 16.4. The van der Waals surface area contributed by atoms with Gasteiger partial charge in [-0.1, -0.05) is 12.1 Å². The summed E-state index contributed by atoms with van der Waals surface area (Å²) >= 11 is 0. The predicted molar refractivity (Wildman–Crippen MR) is 117 cm³/mol. The summed E-state index contributed by atoms with van der Waals surface area (Å²) in [6, 6.07) is 8.52. The van der Waals surface area contributed by atoms with E-state index in [1.165, 1.54) is 50.6 Å². The van der Waals surface area contributed by atoms with Crippen LogP contribution >= 0.6 is 0 Å². The Morgan fingerprint density at radius 3 is 2.29 bits per heavy atom. The van der Waals surface area contributed by atoms with Gasteiger partial charge in [0.1, 0.15) is 5.75 Å². The van der Waals surface area contributed by atoms with E-state index in [0.29, 0.717) is 10.6 Å². The molecule has 0 bridgehead atoms. The van der Waals surface area contributed by atoms with E-state index < -0.39 is 36.2 Å². The summed E-state index contributed by atoms with van der Waals surface area (Å²) in [6.45, 7) is 3.02. The Balaban J connectivity index is 1.90. The number of nitrogens with one attached hydrogen (secondary N) is 2. The summed E-state index contributed by atoms with van der Waals surface area (Å²) in [5.41, 5.74) is -3.60. The van der Waals surface area contributed by atoms with Crippen molar-refractivity contribution in [3.8, 4) is 17.2 Å². The number of hydrogen-bond donors (Lipinski definition) is 2. The summed E-state index contributed by atoms with van der Waals surface area (Å²) in [4.78, 5) is 38.6. The third kappa shape index (κ3) is 4.96. The molecule has 1 aliphatic heterocycles. The van der Waals surface area contributed by atoms with Gasteiger partial charge in [-0.2, -0.15) is 13.2 Å². The molecule has 1 aliphatic rings. The molecule has 1 atom stereocenters. The summed E-state index contributed by atoms with van der Waals surface area (Å²) in [5.74, 6) is -2.09. The first-order valence-corrected chi connectivity index (χ1v) is 10.4. The predicted octanol–water partition coefficient (Wildman–Crippen LogP) is 3.23. The van der Waals surface area contributed by atoms with Gasteiger partial charge in [0.2, 0.25) is 0 Å². The molecule has 1 heterocycles. The Morgan fingerprint density at radius 2 is 1.74 bits per heavy atom. The van der Waals surface area contributed by atoms with Crippen molar-refractivity contribution in [2.24, 2.45) is 0 Å². The van der Waals surface area contributed by atoms with Gasteiger partial charge < -0.3 is 19.5 Å². The van der Waals surface area contributed by atoms with Crippen molar-refractivity contribution >= 4 is 17.8 Å².